The van der Waals surface area contributed by atoms with Crippen LogP contribution in [0.4, 0.5) is 11.4 Å². The van der Waals surface area contributed by atoms with Gasteiger partial charge in [-0.05, 0) is 16.5 Å². The molecule has 116 valence electrons. The first-order chi connectivity index (χ1) is 9.51. The highest BCUT2D eigenvalue weighted by Gasteiger charge is 2.16. The summed E-state index contributed by atoms with van der Waals surface area (Å²) in [7, 11) is 8.45. The van der Waals surface area contributed by atoms with Gasteiger partial charge in [0.25, 0.3) is 0 Å². The van der Waals surface area contributed by atoms with Gasteiger partial charge in [0.05, 0.1) is 11.4 Å². The van der Waals surface area contributed by atoms with E-state index in [2.05, 4.69) is 94.1 Å². The molecule has 2 rings (SSSR count). The van der Waals surface area contributed by atoms with Gasteiger partial charge in [-0.2, -0.15) is 0 Å². The van der Waals surface area contributed by atoms with Crippen molar-refractivity contribution in [3.05, 3.63) is 35.4 Å². The summed E-state index contributed by atoms with van der Waals surface area (Å²) in [5.74, 6) is 0. The average molecular weight is 481 g/mol. The fourth-order valence-electron chi connectivity index (χ4n) is 2.70. The molecule has 0 aliphatic rings. The normalized spacial score (nSPS) is 10.4. The molecule has 0 bridgehead atoms. The van der Waals surface area contributed by atoms with Crippen LogP contribution in [0.2, 0.25) is 0 Å². The molecule has 0 saturated heterocycles. The number of rotatable bonds is 4. The van der Waals surface area contributed by atoms with Crippen LogP contribution in [0.3, 0.4) is 0 Å². The van der Waals surface area contributed by atoms with Crippen LogP contribution in [0, 0.1) is 0 Å². The summed E-state index contributed by atoms with van der Waals surface area (Å²) in [4.78, 5) is 4.42. The third-order valence-corrected chi connectivity index (χ3v) is 4.69. The molecule has 0 unspecified atom stereocenters. The molecule has 0 amide bonds. The molecule has 0 aliphatic carbocycles. The Balaban J connectivity index is 0.00000220. The summed E-state index contributed by atoms with van der Waals surface area (Å²) in [6.45, 7) is 0. The summed E-state index contributed by atoms with van der Waals surface area (Å²) >= 11 is 7.22. The average Bonchev–Trinajstić information content (AvgIpc) is 2.43. The fourth-order valence-corrected chi connectivity index (χ4v) is 3.61. The molecule has 2 nitrogen and oxygen atoms in total. The van der Waals surface area contributed by atoms with E-state index in [1.165, 1.54) is 33.3 Å². The van der Waals surface area contributed by atoms with Crippen LogP contribution in [0.1, 0.15) is 11.1 Å². The second kappa shape index (κ2) is 7.84. The van der Waals surface area contributed by atoms with Gasteiger partial charge >= 0.3 is 0 Å². The molecule has 0 aliphatic heterocycles. The molecule has 0 N–H and O–H groups in total. The van der Waals surface area contributed by atoms with Crippen molar-refractivity contribution in [2.45, 2.75) is 10.7 Å². The Bertz CT molecular complexity index is 574. The Hall–Kier alpha value is -0.260. The van der Waals surface area contributed by atoms with Crippen LogP contribution in [-0.4, -0.2) is 28.2 Å². The maximum absolute atomic E-state index is 3.61. The highest BCUT2D eigenvalue weighted by atomic mass is 79.9. The molecule has 0 heterocycles. The minimum atomic E-state index is 0. The van der Waals surface area contributed by atoms with Gasteiger partial charge in [0.15, 0.2) is 0 Å². The number of nitrogens with zero attached hydrogens (tertiary/aromatic N) is 2. The number of alkyl halides is 2. The summed E-state index contributed by atoms with van der Waals surface area (Å²) < 4.78 is 0. The molecule has 5 heteroatoms. The van der Waals surface area contributed by atoms with E-state index in [0.717, 1.165) is 10.7 Å². The Morgan fingerprint density at radius 3 is 1.43 bits per heavy atom. The van der Waals surface area contributed by atoms with E-state index in [1.54, 1.807) is 0 Å². The zero-order chi connectivity index (χ0) is 14.9. The monoisotopic (exact) mass is 478 g/mol. The van der Waals surface area contributed by atoms with E-state index in [0.29, 0.717) is 0 Å². The van der Waals surface area contributed by atoms with Crippen LogP contribution in [0.5, 0.6) is 0 Å². The first-order valence-corrected chi connectivity index (χ1v) is 8.79. The summed E-state index contributed by atoms with van der Waals surface area (Å²) in [6.07, 6.45) is 0. The fraction of sp³-hybridized carbons (Fsp3) is 0.375. The smallest absolute Gasteiger partial charge is 0.0502 e. The Labute approximate surface area is 154 Å². The minimum Gasteiger partial charge on any atom is -0.377 e. The minimum absolute atomic E-state index is 0. The lowest BCUT2D eigenvalue weighted by Gasteiger charge is -2.26. The van der Waals surface area contributed by atoms with Gasteiger partial charge in [0.1, 0.15) is 0 Å². The molecule has 0 radical (unpaired) electrons. The molecular weight excluding hydrogens is 460 g/mol. The van der Waals surface area contributed by atoms with Gasteiger partial charge < -0.3 is 9.80 Å². The van der Waals surface area contributed by atoms with Crippen molar-refractivity contribution in [3.63, 3.8) is 0 Å². The quantitative estimate of drug-likeness (QED) is 0.545. The van der Waals surface area contributed by atoms with Crippen LogP contribution < -0.4 is 9.80 Å². The topological polar surface area (TPSA) is 6.48 Å². The molecule has 2 aromatic carbocycles. The maximum Gasteiger partial charge on any atom is 0.0502 e. The molecule has 21 heavy (non-hydrogen) atoms. The third kappa shape index (κ3) is 3.57. The lowest BCUT2D eigenvalue weighted by molar-refractivity contribution is 1.10. The van der Waals surface area contributed by atoms with Gasteiger partial charge in [-0.25, -0.2) is 0 Å². The Morgan fingerprint density at radius 1 is 0.762 bits per heavy atom. The van der Waals surface area contributed by atoms with Crippen LogP contribution >= 0.6 is 48.8 Å². The molecule has 2 aromatic rings. The molecule has 0 saturated carbocycles. The van der Waals surface area contributed by atoms with Crippen molar-refractivity contribution in [1.29, 1.82) is 0 Å². The predicted molar refractivity (Wildman–Crippen MR) is 108 cm³/mol. The summed E-state index contributed by atoms with van der Waals surface area (Å²) in [5.41, 5.74) is 5.23. The van der Waals surface area contributed by atoms with Crippen molar-refractivity contribution < 1.29 is 0 Å². The van der Waals surface area contributed by atoms with Gasteiger partial charge in [-0.15, -0.1) is 17.0 Å². The second-order valence-corrected chi connectivity index (χ2v) is 6.42. The van der Waals surface area contributed by atoms with E-state index in [1.807, 2.05) is 0 Å². The van der Waals surface area contributed by atoms with Crippen molar-refractivity contribution in [2.24, 2.45) is 0 Å². The molecular formula is C16H21Br3N2. The zero-order valence-corrected chi connectivity index (χ0v) is 17.7. The highest BCUT2D eigenvalue weighted by Crippen LogP contribution is 2.40. The SMILES string of the molecule is Br.CN(C)c1c(CBr)ccc2ccc(CBr)c(N(C)C)c12. The van der Waals surface area contributed by atoms with Crippen molar-refractivity contribution in [2.75, 3.05) is 38.0 Å². The van der Waals surface area contributed by atoms with Gasteiger partial charge in [0, 0.05) is 44.2 Å². The largest absolute Gasteiger partial charge is 0.377 e. The van der Waals surface area contributed by atoms with Crippen LogP contribution in [-0.2, 0) is 10.7 Å². The number of fused-ring (bicyclic) bond motifs is 1. The van der Waals surface area contributed by atoms with E-state index < -0.39 is 0 Å². The maximum atomic E-state index is 3.61. The standard InChI is InChI=1S/C16H20Br2N2.BrH/c1-19(2)15-12(9-17)7-5-11-6-8-13(10-18)16(14(11)15)20(3)4;/h5-8H,9-10H2,1-4H3;1H. The van der Waals surface area contributed by atoms with E-state index in [-0.39, 0.29) is 17.0 Å². The molecule has 0 atom stereocenters. The molecule has 0 fully saturated rings. The third-order valence-electron chi connectivity index (χ3n) is 3.48. The number of hydrogen-bond donors (Lipinski definition) is 0. The zero-order valence-electron chi connectivity index (χ0n) is 12.8. The van der Waals surface area contributed by atoms with Gasteiger partial charge in [0.2, 0.25) is 0 Å². The second-order valence-electron chi connectivity index (χ2n) is 5.30. The van der Waals surface area contributed by atoms with Crippen molar-refractivity contribution in [1.82, 2.24) is 0 Å². The van der Waals surface area contributed by atoms with E-state index >= 15 is 0 Å². The molecule has 0 aromatic heterocycles. The number of halogens is 3. The van der Waals surface area contributed by atoms with Crippen molar-refractivity contribution in [3.8, 4) is 0 Å². The first-order valence-electron chi connectivity index (χ1n) is 6.55. The molecule has 0 spiro atoms. The number of hydrogen-bond acceptors (Lipinski definition) is 2. The highest BCUT2D eigenvalue weighted by molar-refractivity contribution is 9.08. The first kappa shape index (κ1) is 18.8. The van der Waals surface area contributed by atoms with E-state index in [9.17, 15) is 0 Å². The van der Waals surface area contributed by atoms with Crippen LogP contribution in [0.15, 0.2) is 24.3 Å². The van der Waals surface area contributed by atoms with Crippen LogP contribution in [0.25, 0.3) is 10.8 Å². The lowest BCUT2D eigenvalue weighted by Crippen LogP contribution is -2.16. The number of benzene rings is 2. The van der Waals surface area contributed by atoms with Gasteiger partial charge in [-0.3, -0.25) is 0 Å². The van der Waals surface area contributed by atoms with Gasteiger partial charge in [-0.1, -0.05) is 56.1 Å². The predicted octanol–water partition coefficient (Wildman–Crippen LogP) is 5.34. The lowest BCUT2D eigenvalue weighted by atomic mass is 9.99. The summed E-state index contributed by atoms with van der Waals surface area (Å²) in [5, 5.41) is 4.34. The Morgan fingerprint density at radius 2 is 1.14 bits per heavy atom. The summed E-state index contributed by atoms with van der Waals surface area (Å²) in [6, 6.07) is 8.84. The number of anilines is 2. The van der Waals surface area contributed by atoms with Crippen molar-refractivity contribution >= 4 is 71.0 Å². The Kier molecular flexibility index (Phi) is 7.01. The van der Waals surface area contributed by atoms with E-state index in [4.69, 9.17) is 0 Å².